The molecular formula is C25H34N4O5S. The number of rotatable bonds is 8. The van der Waals surface area contributed by atoms with Crippen molar-refractivity contribution in [2.24, 2.45) is 0 Å². The third-order valence-electron chi connectivity index (χ3n) is 6.71. The van der Waals surface area contributed by atoms with Crippen molar-refractivity contribution < 1.29 is 18.9 Å². The fourth-order valence-electron chi connectivity index (χ4n) is 4.80. The van der Waals surface area contributed by atoms with Gasteiger partial charge in [0.05, 0.1) is 31.4 Å². The molecule has 190 valence electrons. The molecule has 0 unspecified atom stereocenters. The van der Waals surface area contributed by atoms with Crippen LogP contribution in [-0.2, 0) is 16.0 Å². The number of thiocarbonyl (C=S) groups is 1. The van der Waals surface area contributed by atoms with Crippen LogP contribution in [0.3, 0.4) is 0 Å². The van der Waals surface area contributed by atoms with Gasteiger partial charge in [-0.05, 0) is 50.2 Å². The first-order chi connectivity index (χ1) is 17.2. The van der Waals surface area contributed by atoms with E-state index in [1.807, 2.05) is 18.2 Å². The Morgan fingerprint density at radius 2 is 1.91 bits per heavy atom. The Balaban J connectivity index is 1.26. The van der Waals surface area contributed by atoms with Crippen molar-refractivity contribution in [1.82, 2.24) is 20.1 Å². The van der Waals surface area contributed by atoms with E-state index in [0.29, 0.717) is 48.5 Å². The normalized spacial score (nSPS) is 20.2. The molecule has 1 aromatic carbocycles. The van der Waals surface area contributed by atoms with Crippen LogP contribution < -0.4 is 20.3 Å². The second-order valence-corrected chi connectivity index (χ2v) is 9.65. The summed E-state index contributed by atoms with van der Waals surface area (Å²) < 4.78 is 22.7. The summed E-state index contributed by atoms with van der Waals surface area (Å²) in [7, 11) is 0. The summed E-state index contributed by atoms with van der Waals surface area (Å²) in [5.41, 5.74) is 1.27. The number of aromatic amines is 1. The summed E-state index contributed by atoms with van der Waals surface area (Å²) in [5.74, 6) is 1.37. The van der Waals surface area contributed by atoms with E-state index < -0.39 is 0 Å². The summed E-state index contributed by atoms with van der Waals surface area (Å²) in [6.07, 6.45) is 3.19. The van der Waals surface area contributed by atoms with Gasteiger partial charge in [-0.2, -0.15) is 0 Å². The molecule has 4 heterocycles. The lowest BCUT2D eigenvalue weighted by atomic mass is 10.1. The summed E-state index contributed by atoms with van der Waals surface area (Å²) in [6.45, 7) is 8.28. The van der Waals surface area contributed by atoms with Crippen molar-refractivity contribution in [2.75, 3.05) is 65.8 Å². The van der Waals surface area contributed by atoms with Crippen LogP contribution in [0.2, 0.25) is 0 Å². The van der Waals surface area contributed by atoms with Crippen LogP contribution >= 0.6 is 12.2 Å². The minimum atomic E-state index is -0.123. The number of H-pyrrole nitrogens is 1. The van der Waals surface area contributed by atoms with E-state index in [1.165, 1.54) is 0 Å². The summed E-state index contributed by atoms with van der Waals surface area (Å²) in [5, 5.41) is 4.97. The lowest BCUT2D eigenvalue weighted by molar-refractivity contribution is 0.0375. The lowest BCUT2D eigenvalue weighted by Crippen LogP contribution is -2.45. The number of pyridine rings is 1. The number of fused-ring (bicyclic) bond motifs is 2. The van der Waals surface area contributed by atoms with Crippen molar-refractivity contribution in [3.05, 3.63) is 34.1 Å². The molecule has 9 nitrogen and oxygen atoms in total. The van der Waals surface area contributed by atoms with E-state index in [2.05, 4.69) is 20.1 Å². The molecule has 2 N–H and O–H groups in total. The Kier molecular flexibility index (Phi) is 8.02. The van der Waals surface area contributed by atoms with Crippen LogP contribution in [0, 0.1) is 0 Å². The third-order valence-corrected chi connectivity index (χ3v) is 7.11. The Labute approximate surface area is 210 Å². The molecule has 10 heteroatoms. The van der Waals surface area contributed by atoms with E-state index in [1.54, 1.807) is 0 Å². The van der Waals surface area contributed by atoms with Gasteiger partial charge >= 0.3 is 0 Å². The first-order valence-corrected chi connectivity index (χ1v) is 13.0. The quantitative estimate of drug-likeness (QED) is 0.415. The maximum atomic E-state index is 13.0. The lowest BCUT2D eigenvalue weighted by Gasteiger charge is -2.29. The SMILES string of the molecule is O=c1[nH]c2cc3c(cc2cc1CN(C[C@H]1CCCO1)C(=S)NCCCN1CCOCC1)OCCO3. The molecule has 1 atom stereocenters. The van der Waals surface area contributed by atoms with Gasteiger partial charge in [0.1, 0.15) is 13.2 Å². The topological polar surface area (TPSA) is 88.3 Å². The van der Waals surface area contributed by atoms with Gasteiger partial charge in [0, 0.05) is 49.8 Å². The number of ether oxygens (including phenoxy) is 4. The molecule has 0 aliphatic carbocycles. The van der Waals surface area contributed by atoms with Gasteiger partial charge in [-0.1, -0.05) is 0 Å². The predicted molar refractivity (Wildman–Crippen MR) is 137 cm³/mol. The van der Waals surface area contributed by atoms with Gasteiger partial charge in [0.25, 0.3) is 5.56 Å². The second kappa shape index (κ2) is 11.6. The zero-order valence-corrected chi connectivity index (χ0v) is 20.9. The number of morpholine rings is 1. The fourth-order valence-corrected chi connectivity index (χ4v) is 5.04. The summed E-state index contributed by atoms with van der Waals surface area (Å²) in [4.78, 5) is 20.5. The number of benzene rings is 1. The van der Waals surface area contributed by atoms with E-state index >= 15 is 0 Å². The van der Waals surface area contributed by atoms with Crippen LogP contribution in [0.1, 0.15) is 24.8 Å². The van der Waals surface area contributed by atoms with Crippen molar-refractivity contribution >= 4 is 28.2 Å². The van der Waals surface area contributed by atoms with Crippen molar-refractivity contribution in [3.8, 4) is 11.5 Å². The van der Waals surface area contributed by atoms with Gasteiger partial charge < -0.3 is 34.1 Å². The summed E-state index contributed by atoms with van der Waals surface area (Å²) >= 11 is 5.78. The number of aromatic nitrogens is 1. The van der Waals surface area contributed by atoms with Gasteiger partial charge in [0.15, 0.2) is 16.6 Å². The van der Waals surface area contributed by atoms with Gasteiger partial charge in [-0.3, -0.25) is 9.69 Å². The molecule has 1 aromatic heterocycles. The predicted octanol–water partition coefficient (Wildman–Crippen LogP) is 1.88. The Hall–Kier alpha value is -2.40. The summed E-state index contributed by atoms with van der Waals surface area (Å²) in [6, 6.07) is 5.69. The molecule has 3 aliphatic heterocycles. The standard InChI is InChI=1S/C25H34N4O5S/c30-24-19(13-18-14-22-23(15-21(18)27-24)34-12-11-33-22)16-29(17-20-3-1-8-32-20)25(35)26-4-2-5-28-6-9-31-10-7-28/h13-15,20H,1-12,16-17H2,(H,26,35)(H,27,30)/t20-/m1/s1. The van der Waals surface area contributed by atoms with Gasteiger partial charge in [-0.15, -0.1) is 0 Å². The van der Waals surface area contributed by atoms with E-state index in [9.17, 15) is 4.79 Å². The zero-order chi connectivity index (χ0) is 24.0. The molecule has 2 aromatic rings. The molecule has 3 aliphatic rings. The number of hydrogen-bond donors (Lipinski definition) is 2. The average molecular weight is 503 g/mol. The average Bonchev–Trinajstić information content (AvgIpc) is 3.39. The Bertz CT molecular complexity index is 1080. The molecule has 0 spiro atoms. The number of nitrogens with zero attached hydrogens (tertiary/aromatic N) is 2. The van der Waals surface area contributed by atoms with Crippen LogP contribution in [0.4, 0.5) is 0 Å². The first-order valence-electron chi connectivity index (χ1n) is 12.6. The van der Waals surface area contributed by atoms with E-state index in [-0.39, 0.29) is 11.7 Å². The molecule has 35 heavy (non-hydrogen) atoms. The molecule has 0 saturated carbocycles. The smallest absolute Gasteiger partial charge is 0.253 e. The highest BCUT2D eigenvalue weighted by Gasteiger charge is 2.22. The maximum absolute atomic E-state index is 13.0. The van der Waals surface area contributed by atoms with Crippen LogP contribution in [0.25, 0.3) is 10.9 Å². The molecule has 0 bridgehead atoms. The van der Waals surface area contributed by atoms with Gasteiger partial charge in [-0.25, -0.2) is 0 Å². The molecule has 0 radical (unpaired) electrons. The van der Waals surface area contributed by atoms with Crippen molar-refractivity contribution in [2.45, 2.75) is 31.9 Å². The first kappa shape index (κ1) is 24.3. The van der Waals surface area contributed by atoms with Crippen molar-refractivity contribution in [3.63, 3.8) is 0 Å². The molecule has 5 rings (SSSR count). The maximum Gasteiger partial charge on any atom is 0.253 e. The minimum Gasteiger partial charge on any atom is -0.486 e. The number of nitrogens with one attached hydrogen (secondary N) is 2. The molecular weight excluding hydrogens is 468 g/mol. The van der Waals surface area contributed by atoms with Crippen LogP contribution in [-0.4, -0.2) is 91.8 Å². The van der Waals surface area contributed by atoms with Crippen molar-refractivity contribution in [1.29, 1.82) is 0 Å². The highest BCUT2D eigenvalue weighted by Crippen LogP contribution is 2.33. The molecule has 0 amide bonds. The molecule has 2 saturated heterocycles. The van der Waals surface area contributed by atoms with Gasteiger partial charge in [0.2, 0.25) is 0 Å². The van der Waals surface area contributed by atoms with E-state index in [4.69, 9.17) is 31.2 Å². The number of hydrogen-bond acceptors (Lipinski definition) is 7. The monoisotopic (exact) mass is 502 g/mol. The fraction of sp³-hybridized carbons (Fsp3) is 0.600. The van der Waals surface area contributed by atoms with Crippen LogP contribution in [0.5, 0.6) is 11.5 Å². The highest BCUT2D eigenvalue weighted by molar-refractivity contribution is 7.80. The minimum absolute atomic E-state index is 0.123. The Morgan fingerprint density at radius 3 is 2.69 bits per heavy atom. The Morgan fingerprint density at radius 1 is 1.11 bits per heavy atom. The highest BCUT2D eigenvalue weighted by atomic mass is 32.1. The van der Waals surface area contributed by atoms with Crippen LogP contribution in [0.15, 0.2) is 23.0 Å². The third kappa shape index (κ3) is 6.24. The van der Waals surface area contributed by atoms with E-state index in [0.717, 1.165) is 76.2 Å². The largest absolute Gasteiger partial charge is 0.486 e. The molecule has 2 fully saturated rings. The second-order valence-electron chi connectivity index (χ2n) is 9.26. The zero-order valence-electron chi connectivity index (χ0n) is 20.1.